The largest absolute Gasteiger partial charge is 0.462 e. The first kappa shape index (κ1) is 21.4. The van der Waals surface area contributed by atoms with Gasteiger partial charge in [-0.15, -0.1) is 0 Å². The van der Waals surface area contributed by atoms with Gasteiger partial charge in [-0.1, -0.05) is 18.2 Å². The van der Waals surface area contributed by atoms with Crippen molar-refractivity contribution < 1.29 is 14.3 Å². The molecule has 0 radical (unpaired) electrons. The molecule has 2 aliphatic heterocycles. The van der Waals surface area contributed by atoms with E-state index in [1.807, 2.05) is 29.2 Å². The van der Waals surface area contributed by atoms with E-state index in [9.17, 15) is 14.4 Å². The van der Waals surface area contributed by atoms with Crippen molar-refractivity contribution in [2.75, 3.05) is 50.8 Å². The van der Waals surface area contributed by atoms with Gasteiger partial charge in [-0.05, 0) is 38.9 Å². The number of para-hydroxylation sites is 1. The van der Waals surface area contributed by atoms with Gasteiger partial charge < -0.3 is 24.4 Å². The topological polar surface area (TPSA) is 83.9 Å². The highest BCUT2D eigenvalue weighted by Crippen LogP contribution is 2.30. The lowest BCUT2D eigenvalue weighted by atomic mass is 9.96. The number of piperazine rings is 1. The van der Waals surface area contributed by atoms with Crippen molar-refractivity contribution in [1.29, 1.82) is 0 Å². The summed E-state index contributed by atoms with van der Waals surface area (Å²) in [5, 5.41) is 4.14. The molecule has 2 saturated heterocycles. The summed E-state index contributed by atoms with van der Waals surface area (Å²) in [6.07, 6.45) is 1.76. The summed E-state index contributed by atoms with van der Waals surface area (Å²) in [5.41, 5.74) is 1.09. The molecular formula is C23H30N4O4. The monoisotopic (exact) mass is 426 g/mol. The fourth-order valence-electron chi connectivity index (χ4n) is 4.67. The molecule has 4 rings (SSSR count). The van der Waals surface area contributed by atoms with Gasteiger partial charge in [0.25, 0.3) is 5.56 Å². The molecule has 1 amide bonds. The number of carbonyl (C=O) groups excluding carboxylic acids is 2. The van der Waals surface area contributed by atoms with Crippen molar-refractivity contribution in [1.82, 2.24) is 14.8 Å². The smallest absolute Gasteiger partial charge is 0.345 e. The van der Waals surface area contributed by atoms with E-state index in [0.717, 1.165) is 36.8 Å². The number of benzene rings is 1. The van der Waals surface area contributed by atoms with Crippen LogP contribution < -0.4 is 15.8 Å². The van der Waals surface area contributed by atoms with Crippen molar-refractivity contribution in [3.63, 3.8) is 0 Å². The highest BCUT2D eigenvalue weighted by molar-refractivity contribution is 6.05. The summed E-state index contributed by atoms with van der Waals surface area (Å²) in [4.78, 5) is 42.8. The molecule has 8 heteroatoms. The third kappa shape index (κ3) is 4.04. The number of aryl methyl sites for hydroxylation is 1. The molecule has 0 saturated carbocycles. The van der Waals surface area contributed by atoms with E-state index in [2.05, 4.69) is 10.2 Å². The van der Waals surface area contributed by atoms with Gasteiger partial charge in [-0.3, -0.25) is 9.59 Å². The number of piperidine rings is 1. The summed E-state index contributed by atoms with van der Waals surface area (Å²) in [6, 6.07) is 7.60. The number of esters is 1. The Labute approximate surface area is 181 Å². The summed E-state index contributed by atoms with van der Waals surface area (Å²) in [7, 11) is 1.67. The molecule has 0 atom stereocenters. The second kappa shape index (κ2) is 9.09. The lowest BCUT2D eigenvalue weighted by Crippen LogP contribution is -2.52. The third-order valence-corrected chi connectivity index (χ3v) is 6.35. The van der Waals surface area contributed by atoms with Gasteiger partial charge in [0.05, 0.1) is 17.8 Å². The predicted octanol–water partition coefficient (Wildman–Crippen LogP) is 1.36. The summed E-state index contributed by atoms with van der Waals surface area (Å²) < 4.78 is 6.74. The Kier molecular flexibility index (Phi) is 6.27. The van der Waals surface area contributed by atoms with Crippen LogP contribution in [0.15, 0.2) is 29.1 Å². The maximum absolute atomic E-state index is 13.1. The van der Waals surface area contributed by atoms with Crippen LogP contribution >= 0.6 is 0 Å². The van der Waals surface area contributed by atoms with E-state index in [1.165, 1.54) is 4.57 Å². The second-order valence-electron chi connectivity index (χ2n) is 8.16. The maximum atomic E-state index is 13.1. The number of aromatic nitrogens is 1. The number of nitrogens with zero attached hydrogens (tertiary/aromatic N) is 3. The van der Waals surface area contributed by atoms with Crippen LogP contribution in [0.25, 0.3) is 10.9 Å². The van der Waals surface area contributed by atoms with Gasteiger partial charge in [0.15, 0.2) is 0 Å². The average molecular weight is 427 g/mol. The van der Waals surface area contributed by atoms with Gasteiger partial charge in [0.2, 0.25) is 5.91 Å². The molecule has 1 aromatic carbocycles. The lowest BCUT2D eigenvalue weighted by molar-refractivity contribution is -0.136. The van der Waals surface area contributed by atoms with Crippen LogP contribution in [0.4, 0.5) is 5.69 Å². The van der Waals surface area contributed by atoms with Crippen LogP contribution in [0.5, 0.6) is 0 Å². The van der Waals surface area contributed by atoms with E-state index < -0.39 is 5.97 Å². The summed E-state index contributed by atoms with van der Waals surface area (Å²) >= 11 is 0. The Balaban J connectivity index is 1.66. The molecule has 0 aliphatic carbocycles. The molecule has 1 aromatic heterocycles. The fraction of sp³-hybridized carbons (Fsp3) is 0.522. The summed E-state index contributed by atoms with van der Waals surface area (Å²) in [6.45, 7) is 6.00. The number of amides is 1. The SMILES string of the molecule is CCOC(=O)c1c(N2CCN(C(=O)C3CCNCC3)CC2)c2ccccc2n(C)c1=O. The van der Waals surface area contributed by atoms with Crippen LogP contribution in [0.1, 0.15) is 30.1 Å². The number of ether oxygens (including phenoxy) is 1. The number of anilines is 1. The third-order valence-electron chi connectivity index (χ3n) is 6.35. The summed E-state index contributed by atoms with van der Waals surface area (Å²) in [5.74, 6) is -0.287. The van der Waals surface area contributed by atoms with Gasteiger partial charge in [0.1, 0.15) is 5.56 Å². The Morgan fingerprint density at radius 2 is 1.77 bits per heavy atom. The van der Waals surface area contributed by atoms with Crippen LogP contribution in [-0.2, 0) is 16.6 Å². The molecule has 0 spiro atoms. The highest BCUT2D eigenvalue weighted by atomic mass is 16.5. The van der Waals surface area contributed by atoms with Crippen molar-refractivity contribution in [3.8, 4) is 0 Å². The van der Waals surface area contributed by atoms with Crippen molar-refractivity contribution in [3.05, 3.63) is 40.2 Å². The van der Waals surface area contributed by atoms with Gasteiger partial charge in [0, 0.05) is 44.5 Å². The number of fused-ring (bicyclic) bond motifs is 1. The van der Waals surface area contributed by atoms with Crippen molar-refractivity contribution >= 4 is 28.5 Å². The number of nitrogens with one attached hydrogen (secondary N) is 1. The molecule has 166 valence electrons. The van der Waals surface area contributed by atoms with Crippen molar-refractivity contribution in [2.45, 2.75) is 19.8 Å². The van der Waals surface area contributed by atoms with Crippen LogP contribution in [0.2, 0.25) is 0 Å². The normalized spacial score (nSPS) is 17.7. The molecule has 2 aliphatic rings. The zero-order valence-corrected chi connectivity index (χ0v) is 18.2. The zero-order chi connectivity index (χ0) is 22.0. The van der Waals surface area contributed by atoms with Crippen LogP contribution in [-0.4, -0.2) is 67.2 Å². The number of hydrogen-bond acceptors (Lipinski definition) is 6. The Morgan fingerprint density at radius 1 is 1.10 bits per heavy atom. The van der Waals surface area contributed by atoms with E-state index in [-0.39, 0.29) is 29.6 Å². The van der Waals surface area contributed by atoms with Gasteiger partial charge in [-0.2, -0.15) is 0 Å². The molecular weight excluding hydrogens is 396 g/mol. The van der Waals surface area contributed by atoms with E-state index in [0.29, 0.717) is 31.9 Å². The second-order valence-corrected chi connectivity index (χ2v) is 8.16. The van der Waals surface area contributed by atoms with E-state index >= 15 is 0 Å². The number of carbonyl (C=O) groups is 2. The first-order valence-electron chi connectivity index (χ1n) is 11.1. The average Bonchev–Trinajstić information content (AvgIpc) is 2.81. The Morgan fingerprint density at radius 3 is 2.45 bits per heavy atom. The predicted molar refractivity (Wildman–Crippen MR) is 120 cm³/mol. The standard InChI is InChI=1S/C23H30N4O4/c1-3-31-23(30)19-20(17-6-4-5-7-18(17)25(2)22(19)29)26-12-14-27(15-13-26)21(28)16-8-10-24-11-9-16/h4-7,16,24H,3,8-15H2,1-2H3. The molecule has 1 N–H and O–H groups in total. The van der Waals surface area contributed by atoms with E-state index in [1.54, 1.807) is 14.0 Å². The molecule has 2 fully saturated rings. The van der Waals surface area contributed by atoms with Crippen molar-refractivity contribution in [2.24, 2.45) is 13.0 Å². The highest BCUT2D eigenvalue weighted by Gasteiger charge is 2.31. The van der Waals surface area contributed by atoms with E-state index in [4.69, 9.17) is 4.74 Å². The van der Waals surface area contributed by atoms with Gasteiger partial charge >= 0.3 is 5.97 Å². The van der Waals surface area contributed by atoms with Gasteiger partial charge in [-0.25, -0.2) is 4.79 Å². The molecule has 8 nitrogen and oxygen atoms in total. The number of hydrogen-bond donors (Lipinski definition) is 1. The fourth-order valence-corrected chi connectivity index (χ4v) is 4.67. The quantitative estimate of drug-likeness (QED) is 0.744. The Bertz CT molecular complexity index is 1030. The minimum Gasteiger partial charge on any atom is -0.462 e. The lowest BCUT2D eigenvalue weighted by Gasteiger charge is -2.39. The number of rotatable bonds is 4. The minimum absolute atomic E-state index is 0.0705. The minimum atomic E-state index is -0.600. The zero-order valence-electron chi connectivity index (χ0n) is 18.2. The van der Waals surface area contributed by atoms with Crippen LogP contribution in [0.3, 0.4) is 0 Å². The number of pyridine rings is 1. The maximum Gasteiger partial charge on any atom is 0.345 e. The molecule has 0 bridgehead atoms. The van der Waals surface area contributed by atoms with Crippen LogP contribution in [0, 0.1) is 5.92 Å². The first-order valence-corrected chi connectivity index (χ1v) is 11.1. The molecule has 3 heterocycles. The molecule has 31 heavy (non-hydrogen) atoms. The molecule has 2 aromatic rings. The first-order chi connectivity index (χ1) is 15.0. The molecule has 0 unspecified atom stereocenters. The Hall–Kier alpha value is -2.87.